The molecule has 1 aliphatic rings. The van der Waals surface area contributed by atoms with Gasteiger partial charge in [0.15, 0.2) is 0 Å². The number of piperidine rings is 1. The minimum Gasteiger partial charge on any atom is -0.443 e. The number of thiazole rings is 1. The molecule has 0 aliphatic carbocycles. The van der Waals surface area contributed by atoms with Gasteiger partial charge >= 0.3 is 6.09 Å². The van der Waals surface area contributed by atoms with Gasteiger partial charge in [0, 0.05) is 35.6 Å². The van der Waals surface area contributed by atoms with Crippen molar-refractivity contribution < 1.29 is 9.53 Å². The van der Waals surface area contributed by atoms with Crippen molar-refractivity contribution in [3.05, 3.63) is 64.1 Å². The van der Waals surface area contributed by atoms with Crippen molar-refractivity contribution in [1.29, 1.82) is 0 Å². The van der Waals surface area contributed by atoms with E-state index in [9.17, 15) is 4.79 Å². The van der Waals surface area contributed by atoms with Crippen molar-refractivity contribution in [3.63, 3.8) is 0 Å². The molecule has 1 aliphatic heterocycles. The number of carbonyl (C=O) groups is 1. The first-order valence-electron chi connectivity index (χ1n) is 9.93. The lowest BCUT2D eigenvalue weighted by Crippen LogP contribution is -2.39. The molecule has 1 aromatic carbocycles. The molecule has 0 atom stereocenters. The number of aromatic nitrogens is 2. The Kier molecular flexibility index (Phi) is 6.81. The molecule has 6 nitrogen and oxygen atoms in total. The van der Waals surface area contributed by atoms with Crippen molar-refractivity contribution in [2.24, 2.45) is 5.92 Å². The van der Waals surface area contributed by atoms with Crippen LogP contribution < -0.4 is 10.2 Å². The van der Waals surface area contributed by atoms with Crippen molar-refractivity contribution >= 4 is 34.8 Å². The molecule has 156 valence electrons. The van der Waals surface area contributed by atoms with E-state index in [1.807, 2.05) is 47.8 Å². The number of halogens is 1. The molecule has 1 fully saturated rings. The Labute approximate surface area is 184 Å². The van der Waals surface area contributed by atoms with Crippen LogP contribution in [0.15, 0.2) is 53.4 Å². The summed E-state index contributed by atoms with van der Waals surface area (Å²) in [6, 6.07) is 13.8. The summed E-state index contributed by atoms with van der Waals surface area (Å²) in [5.41, 5.74) is 4.43. The average Bonchev–Trinajstić information content (AvgIpc) is 3.30. The van der Waals surface area contributed by atoms with Crippen LogP contribution in [-0.4, -0.2) is 35.7 Å². The summed E-state index contributed by atoms with van der Waals surface area (Å²) in [5, 5.41) is 5.45. The Morgan fingerprint density at radius 2 is 2.07 bits per heavy atom. The lowest BCUT2D eigenvalue weighted by molar-refractivity contribution is 0.136. The van der Waals surface area contributed by atoms with Crippen LogP contribution in [0.3, 0.4) is 0 Å². The fraction of sp³-hybridized carbons (Fsp3) is 0.318. The Hall–Kier alpha value is -2.64. The molecule has 4 rings (SSSR count). The van der Waals surface area contributed by atoms with Gasteiger partial charge in [0.05, 0.1) is 16.9 Å². The van der Waals surface area contributed by atoms with Crippen molar-refractivity contribution in [3.8, 4) is 11.3 Å². The number of nitrogens with zero attached hydrogens (tertiary/aromatic N) is 3. The van der Waals surface area contributed by atoms with Crippen molar-refractivity contribution in [2.45, 2.75) is 19.4 Å². The molecular weight excluding hydrogens is 420 g/mol. The second-order valence-corrected chi connectivity index (χ2v) is 8.41. The van der Waals surface area contributed by atoms with Crippen LogP contribution in [0.25, 0.3) is 11.3 Å². The number of pyridine rings is 1. The molecule has 30 heavy (non-hydrogen) atoms. The number of anilines is 1. The predicted octanol–water partition coefficient (Wildman–Crippen LogP) is 5.00. The van der Waals surface area contributed by atoms with Crippen molar-refractivity contribution in [2.75, 3.05) is 24.5 Å². The number of carbonyl (C=O) groups excluding carboxylic acids is 1. The standard InChI is InChI=1S/C22H23ClN4O2S/c23-18-4-1-3-17(11-18)20-5-2-6-21(26-20)27-9-7-16(8-10-27)12-24-22(28)29-13-19-14-30-15-25-19/h1-6,11,14-16H,7-10,12-13H2,(H,24,28). The van der Waals surface area contributed by atoms with Gasteiger partial charge in [0.25, 0.3) is 0 Å². The normalized spacial score (nSPS) is 14.5. The summed E-state index contributed by atoms with van der Waals surface area (Å²) in [7, 11) is 0. The van der Waals surface area contributed by atoms with Crippen LogP contribution in [0, 0.1) is 5.92 Å². The highest BCUT2D eigenvalue weighted by atomic mass is 35.5. The maximum Gasteiger partial charge on any atom is 0.407 e. The number of hydrogen-bond acceptors (Lipinski definition) is 6. The maximum absolute atomic E-state index is 11.9. The number of alkyl carbamates (subject to hydrolysis) is 1. The minimum atomic E-state index is -0.388. The highest BCUT2D eigenvalue weighted by molar-refractivity contribution is 7.07. The van der Waals surface area contributed by atoms with Crippen molar-refractivity contribution in [1.82, 2.24) is 15.3 Å². The lowest BCUT2D eigenvalue weighted by atomic mass is 9.97. The second kappa shape index (κ2) is 9.91. The molecule has 2 aromatic heterocycles. The number of ether oxygens (including phenoxy) is 1. The topological polar surface area (TPSA) is 67.4 Å². The number of benzene rings is 1. The van der Waals surface area contributed by atoms with E-state index in [0.29, 0.717) is 17.5 Å². The molecule has 0 radical (unpaired) electrons. The molecule has 3 heterocycles. The first-order valence-corrected chi connectivity index (χ1v) is 11.2. The molecule has 0 unspecified atom stereocenters. The third kappa shape index (κ3) is 5.49. The van der Waals surface area contributed by atoms with Crippen LogP contribution in [0.4, 0.5) is 10.6 Å². The zero-order valence-corrected chi connectivity index (χ0v) is 18.0. The summed E-state index contributed by atoms with van der Waals surface area (Å²) in [6.07, 6.45) is 1.60. The Morgan fingerprint density at radius 3 is 2.83 bits per heavy atom. The molecule has 3 aromatic rings. The fourth-order valence-electron chi connectivity index (χ4n) is 3.50. The van der Waals surface area contributed by atoms with E-state index in [1.165, 1.54) is 11.3 Å². The highest BCUT2D eigenvalue weighted by Crippen LogP contribution is 2.26. The summed E-state index contributed by atoms with van der Waals surface area (Å²) in [6.45, 7) is 2.65. The van der Waals surface area contributed by atoms with E-state index >= 15 is 0 Å². The summed E-state index contributed by atoms with van der Waals surface area (Å²) in [4.78, 5) is 23.1. The second-order valence-electron chi connectivity index (χ2n) is 7.26. The fourth-order valence-corrected chi connectivity index (χ4v) is 4.23. The monoisotopic (exact) mass is 442 g/mol. The van der Waals surface area contributed by atoms with Gasteiger partial charge in [-0.15, -0.1) is 11.3 Å². The first kappa shape index (κ1) is 20.6. The van der Waals surface area contributed by atoms with E-state index in [0.717, 1.165) is 48.7 Å². The van der Waals surface area contributed by atoms with Gasteiger partial charge in [0.2, 0.25) is 0 Å². The highest BCUT2D eigenvalue weighted by Gasteiger charge is 2.21. The molecular formula is C22H23ClN4O2S. The van der Waals surface area contributed by atoms with Crippen LogP contribution in [-0.2, 0) is 11.3 Å². The summed E-state index contributed by atoms with van der Waals surface area (Å²) < 4.78 is 5.20. The Balaban J connectivity index is 1.25. The number of amides is 1. The van der Waals surface area contributed by atoms with E-state index in [1.54, 1.807) is 5.51 Å². The Bertz CT molecular complexity index is 975. The van der Waals surface area contributed by atoms with Crippen LogP contribution >= 0.6 is 22.9 Å². The number of nitrogens with one attached hydrogen (secondary N) is 1. The van der Waals surface area contributed by atoms with Gasteiger partial charge < -0.3 is 15.0 Å². The average molecular weight is 443 g/mol. The third-order valence-electron chi connectivity index (χ3n) is 5.16. The van der Waals surface area contributed by atoms with Gasteiger partial charge in [-0.2, -0.15) is 0 Å². The minimum absolute atomic E-state index is 0.211. The molecule has 1 amide bonds. The van der Waals surface area contributed by atoms with Gasteiger partial charge in [-0.05, 0) is 43.0 Å². The van der Waals surface area contributed by atoms with Gasteiger partial charge in [-0.25, -0.2) is 14.8 Å². The maximum atomic E-state index is 11.9. The molecule has 1 N–H and O–H groups in total. The molecule has 0 saturated carbocycles. The Morgan fingerprint density at radius 1 is 1.23 bits per heavy atom. The molecule has 0 bridgehead atoms. The molecule has 0 spiro atoms. The predicted molar refractivity (Wildman–Crippen MR) is 120 cm³/mol. The number of rotatable bonds is 6. The first-order chi connectivity index (χ1) is 14.7. The summed E-state index contributed by atoms with van der Waals surface area (Å²) in [5.74, 6) is 1.41. The van der Waals surface area contributed by atoms with E-state index in [4.69, 9.17) is 21.3 Å². The van der Waals surface area contributed by atoms with Gasteiger partial charge in [-0.1, -0.05) is 29.8 Å². The van der Waals surface area contributed by atoms with Gasteiger partial charge in [0.1, 0.15) is 12.4 Å². The largest absolute Gasteiger partial charge is 0.443 e. The zero-order valence-electron chi connectivity index (χ0n) is 16.5. The number of hydrogen-bond donors (Lipinski definition) is 1. The molecule has 1 saturated heterocycles. The summed E-state index contributed by atoms with van der Waals surface area (Å²) >= 11 is 7.60. The van der Waals surface area contributed by atoms with Gasteiger partial charge in [-0.3, -0.25) is 0 Å². The third-order valence-corrected chi connectivity index (χ3v) is 6.03. The smallest absolute Gasteiger partial charge is 0.407 e. The van der Waals surface area contributed by atoms with E-state index in [-0.39, 0.29) is 12.7 Å². The zero-order chi connectivity index (χ0) is 20.8. The molecule has 8 heteroatoms. The van der Waals surface area contributed by atoms with E-state index in [2.05, 4.69) is 15.2 Å². The van der Waals surface area contributed by atoms with E-state index < -0.39 is 0 Å². The lowest BCUT2D eigenvalue weighted by Gasteiger charge is -2.33. The van der Waals surface area contributed by atoms with Crippen LogP contribution in [0.1, 0.15) is 18.5 Å². The van der Waals surface area contributed by atoms with Crippen LogP contribution in [0.5, 0.6) is 0 Å². The quantitative estimate of drug-likeness (QED) is 0.581. The SMILES string of the molecule is O=C(NCC1CCN(c2cccc(-c3cccc(Cl)c3)n2)CC1)OCc1cscn1. The van der Waals surface area contributed by atoms with Crippen LogP contribution in [0.2, 0.25) is 5.02 Å².